The van der Waals surface area contributed by atoms with Gasteiger partial charge in [0.2, 0.25) is 5.78 Å². The zero-order valence-electron chi connectivity index (χ0n) is 13.7. The molecule has 0 bridgehead atoms. The molecule has 0 saturated carbocycles. The number of Topliss-reactive ketones (excluding diaryl/α,β-unsaturated/α-hetero) is 1. The van der Waals surface area contributed by atoms with E-state index in [4.69, 9.17) is 0 Å². The van der Waals surface area contributed by atoms with Crippen LogP contribution >= 0.6 is 0 Å². The van der Waals surface area contributed by atoms with Crippen molar-refractivity contribution in [2.75, 3.05) is 7.05 Å². The van der Waals surface area contributed by atoms with Crippen LogP contribution in [0, 0.1) is 12.8 Å². The van der Waals surface area contributed by atoms with Crippen molar-refractivity contribution in [3.63, 3.8) is 0 Å². The quantitative estimate of drug-likeness (QED) is 0.540. The topological polar surface area (TPSA) is 79.9 Å². The first-order chi connectivity index (χ1) is 12.1. The lowest BCUT2D eigenvalue weighted by Gasteiger charge is -2.09. The van der Waals surface area contributed by atoms with E-state index in [0.29, 0.717) is 16.9 Å². The number of nitrogens with zero attached hydrogens (tertiary/aromatic N) is 5. The SMILES string of the molecule is Cc1cccc2nc(C(=O)[C@@H]3C(=O)N(C)N=C3c3ccncc3)cn12. The Morgan fingerprint density at radius 1 is 1.16 bits per heavy atom. The molecule has 0 fully saturated rings. The van der Waals surface area contributed by atoms with Crippen molar-refractivity contribution in [1.29, 1.82) is 0 Å². The maximum absolute atomic E-state index is 13.0. The summed E-state index contributed by atoms with van der Waals surface area (Å²) >= 11 is 0. The number of fused-ring (bicyclic) bond motifs is 1. The van der Waals surface area contributed by atoms with Gasteiger partial charge < -0.3 is 4.40 Å². The molecule has 1 amide bonds. The second-order valence-electron chi connectivity index (χ2n) is 5.90. The Bertz CT molecular complexity index is 1020. The lowest BCUT2D eigenvalue weighted by molar-refractivity contribution is -0.129. The summed E-state index contributed by atoms with van der Waals surface area (Å²) in [6.45, 7) is 1.93. The molecule has 0 radical (unpaired) electrons. The molecule has 0 spiro atoms. The van der Waals surface area contributed by atoms with Crippen LogP contribution in [0.25, 0.3) is 5.65 Å². The van der Waals surface area contributed by atoms with E-state index in [9.17, 15) is 9.59 Å². The van der Waals surface area contributed by atoms with E-state index in [1.165, 1.54) is 5.01 Å². The Morgan fingerprint density at radius 2 is 1.92 bits per heavy atom. The van der Waals surface area contributed by atoms with Gasteiger partial charge in [-0.1, -0.05) is 6.07 Å². The first-order valence-electron chi connectivity index (χ1n) is 7.81. The Kier molecular flexibility index (Phi) is 3.42. The molecule has 1 atom stereocenters. The third kappa shape index (κ3) is 2.40. The van der Waals surface area contributed by atoms with Gasteiger partial charge >= 0.3 is 0 Å². The van der Waals surface area contributed by atoms with Crippen LogP contribution in [-0.2, 0) is 4.79 Å². The number of imidazole rings is 1. The van der Waals surface area contributed by atoms with Gasteiger partial charge in [-0.05, 0) is 31.2 Å². The Morgan fingerprint density at radius 3 is 2.64 bits per heavy atom. The van der Waals surface area contributed by atoms with Crippen molar-refractivity contribution in [3.05, 3.63) is 65.9 Å². The van der Waals surface area contributed by atoms with Gasteiger partial charge in [0.05, 0.1) is 5.71 Å². The molecule has 7 nitrogen and oxygen atoms in total. The van der Waals surface area contributed by atoms with Crippen LogP contribution in [0.15, 0.2) is 54.0 Å². The van der Waals surface area contributed by atoms with Crippen molar-refractivity contribution in [2.45, 2.75) is 6.92 Å². The number of ketones is 1. The minimum atomic E-state index is -0.988. The van der Waals surface area contributed by atoms with E-state index >= 15 is 0 Å². The summed E-state index contributed by atoms with van der Waals surface area (Å²) in [5.41, 5.74) is 3.01. The van der Waals surface area contributed by atoms with Gasteiger partial charge in [-0.15, -0.1) is 0 Å². The lowest BCUT2D eigenvalue weighted by atomic mass is 9.92. The number of amides is 1. The van der Waals surface area contributed by atoms with Crippen molar-refractivity contribution in [1.82, 2.24) is 19.4 Å². The molecule has 0 aliphatic carbocycles. The maximum atomic E-state index is 13.0. The van der Waals surface area contributed by atoms with Crippen molar-refractivity contribution in [2.24, 2.45) is 11.0 Å². The minimum Gasteiger partial charge on any atom is -0.304 e. The summed E-state index contributed by atoms with van der Waals surface area (Å²) in [4.78, 5) is 33.9. The summed E-state index contributed by atoms with van der Waals surface area (Å²) in [6, 6.07) is 9.11. The van der Waals surface area contributed by atoms with E-state index in [2.05, 4.69) is 15.1 Å². The van der Waals surface area contributed by atoms with Crippen LogP contribution in [0.5, 0.6) is 0 Å². The minimum absolute atomic E-state index is 0.254. The molecule has 0 unspecified atom stereocenters. The van der Waals surface area contributed by atoms with Crippen molar-refractivity contribution >= 4 is 23.0 Å². The lowest BCUT2D eigenvalue weighted by Crippen LogP contribution is -2.32. The van der Waals surface area contributed by atoms with Gasteiger partial charge in [0, 0.05) is 36.9 Å². The van der Waals surface area contributed by atoms with E-state index in [0.717, 1.165) is 5.69 Å². The fourth-order valence-electron chi connectivity index (χ4n) is 2.97. The molecular weight excluding hydrogens is 318 g/mol. The number of hydrazone groups is 1. The molecule has 25 heavy (non-hydrogen) atoms. The third-order valence-electron chi connectivity index (χ3n) is 4.28. The highest BCUT2D eigenvalue weighted by Gasteiger charge is 2.41. The highest BCUT2D eigenvalue weighted by Crippen LogP contribution is 2.24. The molecule has 124 valence electrons. The van der Waals surface area contributed by atoms with Gasteiger partial charge in [0.15, 0.2) is 0 Å². The number of rotatable bonds is 3. The number of pyridine rings is 2. The summed E-state index contributed by atoms with van der Waals surface area (Å²) in [7, 11) is 1.55. The number of carbonyl (C=O) groups is 2. The van der Waals surface area contributed by atoms with Gasteiger partial charge in [-0.3, -0.25) is 14.6 Å². The molecule has 0 N–H and O–H groups in total. The second kappa shape index (κ2) is 5.62. The zero-order valence-corrected chi connectivity index (χ0v) is 13.7. The number of hydrogen-bond acceptors (Lipinski definition) is 5. The van der Waals surface area contributed by atoms with E-state index < -0.39 is 5.92 Å². The fraction of sp³-hybridized carbons (Fsp3) is 0.167. The van der Waals surface area contributed by atoms with Crippen LogP contribution in [0.4, 0.5) is 0 Å². The van der Waals surface area contributed by atoms with E-state index in [1.54, 1.807) is 37.8 Å². The van der Waals surface area contributed by atoms with Crippen LogP contribution < -0.4 is 0 Å². The van der Waals surface area contributed by atoms with Gasteiger partial charge in [0.25, 0.3) is 5.91 Å². The van der Waals surface area contributed by atoms with Crippen molar-refractivity contribution in [3.8, 4) is 0 Å². The molecule has 1 aliphatic rings. The summed E-state index contributed by atoms with van der Waals surface area (Å²) in [5.74, 6) is -1.70. The Labute approximate surface area is 143 Å². The summed E-state index contributed by atoms with van der Waals surface area (Å²) in [6.07, 6.45) is 4.88. The monoisotopic (exact) mass is 333 g/mol. The molecule has 4 rings (SSSR count). The molecule has 3 aromatic heterocycles. The van der Waals surface area contributed by atoms with E-state index in [-0.39, 0.29) is 17.4 Å². The van der Waals surface area contributed by atoms with Crippen LogP contribution in [0.3, 0.4) is 0 Å². The average Bonchev–Trinajstić information content (AvgIpc) is 3.18. The predicted octanol–water partition coefficient (Wildman–Crippen LogP) is 1.71. The zero-order chi connectivity index (χ0) is 17.6. The molecular formula is C18H15N5O2. The number of carbonyl (C=O) groups excluding carboxylic acids is 2. The molecule has 7 heteroatoms. The molecule has 4 heterocycles. The summed E-state index contributed by atoms with van der Waals surface area (Å²) in [5, 5.41) is 5.46. The first-order valence-corrected chi connectivity index (χ1v) is 7.81. The highest BCUT2D eigenvalue weighted by molar-refractivity contribution is 6.30. The maximum Gasteiger partial charge on any atom is 0.259 e. The number of aromatic nitrogens is 3. The molecule has 3 aromatic rings. The molecule has 1 aliphatic heterocycles. The van der Waals surface area contributed by atoms with Gasteiger partial charge in [-0.2, -0.15) is 5.10 Å². The van der Waals surface area contributed by atoms with Gasteiger partial charge in [0.1, 0.15) is 17.3 Å². The normalized spacial score (nSPS) is 17.2. The predicted molar refractivity (Wildman–Crippen MR) is 91.3 cm³/mol. The van der Waals surface area contributed by atoms with Crippen molar-refractivity contribution < 1.29 is 9.59 Å². The molecule has 0 aromatic carbocycles. The Hall–Kier alpha value is -3.35. The van der Waals surface area contributed by atoms with Crippen LogP contribution in [0.1, 0.15) is 21.7 Å². The first kappa shape index (κ1) is 15.2. The highest BCUT2D eigenvalue weighted by atomic mass is 16.2. The average molecular weight is 333 g/mol. The number of hydrogen-bond donors (Lipinski definition) is 0. The molecule has 0 saturated heterocycles. The third-order valence-corrected chi connectivity index (χ3v) is 4.28. The van der Waals surface area contributed by atoms with E-state index in [1.807, 2.05) is 29.5 Å². The van der Waals surface area contributed by atoms with Gasteiger partial charge in [-0.25, -0.2) is 9.99 Å². The van der Waals surface area contributed by atoms with Crippen LogP contribution in [-0.4, -0.2) is 43.8 Å². The second-order valence-corrected chi connectivity index (χ2v) is 5.90. The fourth-order valence-corrected chi connectivity index (χ4v) is 2.97. The Balaban J connectivity index is 1.78. The van der Waals surface area contributed by atoms with Crippen LogP contribution in [0.2, 0.25) is 0 Å². The smallest absolute Gasteiger partial charge is 0.259 e. The largest absolute Gasteiger partial charge is 0.304 e. The summed E-state index contributed by atoms with van der Waals surface area (Å²) < 4.78 is 1.83. The number of aryl methyl sites for hydroxylation is 1. The standard InChI is InChI=1S/C18H15N5O2/c1-11-4-3-5-14-20-13(10-23(11)14)17(24)15-16(21-22(2)18(15)25)12-6-8-19-9-7-12/h3-10,15H,1-2H3/t15-/m1/s1.